The van der Waals surface area contributed by atoms with Crippen molar-refractivity contribution in [1.29, 1.82) is 0 Å². The van der Waals surface area contributed by atoms with Gasteiger partial charge in [-0.05, 0) is 45.2 Å². The molecule has 0 bridgehead atoms. The third-order valence-corrected chi connectivity index (χ3v) is 4.83. The van der Waals surface area contributed by atoms with Crippen molar-refractivity contribution in [1.82, 2.24) is 9.80 Å². The third kappa shape index (κ3) is 3.93. The number of likely N-dealkylation sites (N-methyl/N-ethyl adjacent to an activating group) is 1. The lowest BCUT2D eigenvalue weighted by molar-refractivity contribution is -0.131. The number of likely N-dealkylation sites (tertiary alicyclic amines) is 1. The molecule has 1 aliphatic heterocycles. The van der Waals surface area contributed by atoms with Crippen LogP contribution in [0.4, 0.5) is 0 Å². The fourth-order valence-corrected chi connectivity index (χ4v) is 3.62. The maximum atomic E-state index is 12.2. The number of hydrogen-bond acceptors (Lipinski definition) is 3. The first kappa shape index (κ1) is 14.8. The Morgan fingerprint density at radius 2 is 1.84 bits per heavy atom. The number of nitrogens with zero attached hydrogens (tertiary/aromatic N) is 2. The molecule has 1 heterocycles. The second-order valence-electron chi connectivity index (χ2n) is 6.20. The first-order valence-electron chi connectivity index (χ1n) is 7.90. The van der Waals surface area contributed by atoms with E-state index in [9.17, 15) is 4.79 Å². The Bertz CT molecular complexity index is 289. The van der Waals surface area contributed by atoms with Crippen molar-refractivity contribution in [3.63, 3.8) is 0 Å². The van der Waals surface area contributed by atoms with Gasteiger partial charge in [-0.3, -0.25) is 9.69 Å². The molecular formula is C15H29N3O. The highest BCUT2D eigenvalue weighted by atomic mass is 16.2. The molecule has 1 amide bonds. The molecule has 2 aliphatic rings. The molecule has 0 spiro atoms. The van der Waals surface area contributed by atoms with Crippen molar-refractivity contribution in [2.45, 2.75) is 51.0 Å². The summed E-state index contributed by atoms with van der Waals surface area (Å²) >= 11 is 0. The molecule has 0 aromatic carbocycles. The van der Waals surface area contributed by atoms with E-state index < -0.39 is 0 Å². The standard InChI is InChI=1S/C15H29N3O/c1-17(12-15(19)18-9-5-6-10-18)14-8-4-2-3-7-13(14)11-16/h13-14H,2-12,16H2,1H3. The van der Waals surface area contributed by atoms with E-state index in [0.717, 1.165) is 19.6 Å². The highest BCUT2D eigenvalue weighted by Gasteiger charge is 2.28. The Morgan fingerprint density at radius 1 is 1.16 bits per heavy atom. The first-order valence-corrected chi connectivity index (χ1v) is 7.90. The van der Waals surface area contributed by atoms with Crippen LogP contribution in [0.1, 0.15) is 44.9 Å². The van der Waals surface area contributed by atoms with Crippen LogP contribution in [-0.2, 0) is 4.79 Å². The average molecular weight is 267 g/mol. The van der Waals surface area contributed by atoms with Crippen LogP contribution in [0.5, 0.6) is 0 Å². The van der Waals surface area contributed by atoms with Crippen LogP contribution in [0, 0.1) is 5.92 Å². The van der Waals surface area contributed by atoms with E-state index in [1.807, 2.05) is 4.90 Å². The predicted octanol–water partition coefficient (Wildman–Crippen LogP) is 1.45. The van der Waals surface area contributed by atoms with E-state index in [2.05, 4.69) is 11.9 Å². The Labute approximate surface area is 117 Å². The van der Waals surface area contributed by atoms with Crippen molar-refractivity contribution < 1.29 is 4.79 Å². The molecule has 1 saturated heterocycles. The lowest BCUT2D eigenvalue weighted by Crippen LogP contribution is -2.46. The molecule has 19 heavy (non-hydrogen) atoms. The number of rotatable bonds is 4. The summed E-state index contributed by atoms with van der Waals surface area (Å²) in [5, 5.41) is 0. The fourth-order valence-electron chi connectivity index (χ4n) is 3.62. The molecule has 2 fully saturated rings. The van der Waals surface area contributed by atoms with Crippen molar-refractivity contribution >= 4 is 5.91 Å². The van der Waals surface area contributed by atoms with Crippen LogP contribution in [0.15, 0.2) is 0 Å². The molecule has 2 rings (SSSR count). The molecule has 1 saturated carbocycles. The Kier molecular flexibility index (Phi) is 5.64. The highest BCUT2D eigenvalue weighted by molar-refractivity contribution is 5.78. The second-order valence-corrected chi connectivity index (χ2v) is 6.20. The van der Waals surface area contributed by atoms with Gasteiger partial charge in [0.15, 0.2) is 0 Å². The number of nitrogens with two attached hydrogens (primary N) is 1. The summed E-state index contributed by atoms with van der Waals surface area (Å²) in [6.45, 7) is 3.24. The van der Waals surface area contributed by atoms with Crippen molar-refractivity contribution in [2.75, 3.05) is 33.2 Å². The van der Waals surface area contributed by atoms with Crippen LogP contribution in [0.2, 0.25) is 0 Å². The Balaban J connectivity index is 1.88. The minimum atomic E-state index is 0.306. The molecule has 2 unspecified atom stereocenters. The molecular weight excluding hydrogens is 238 g/mol. The van der Waals surface area contributed by atoms with Gasteiger partial charge in [0, 0.05) is 19.1 Å². The summed E-state index contributed by atoms with van der Waals surface area (Å²) in [6, 6.07) is 0.499. The van der Waals surface area contributed by atoms with Crippen LogP contribution in [0.3, 0.4) is 0 Å². The maximum absolute atomic E-state index is 12.2. The van der Waals surface area contributed by atoms with Gasteiger partial charge in [-0.1, -0.05) is 19.3 Å². The molecule has 4 heteroatoms. The number of hydrogen-bond donors (Lipinski definition) is 1. The summed E-state index contributed by atoms with van der Waals surface area (Å²) in [5.74, 6) is 0.874. The maximum Gasteiger partial charge on any atom is 0.236 e. The topological polar surface area (TPSA) is 49.6 Å². The summed E-state index contributed by atoms with van der Waals surface area (Å²) in [4.78, 5) is 16.5. The molecule has 0 aromatic heterocycles. The van der Waals surface area contributed by atoms with Gasteiger partial charge in [-0.2, -0.15) is 0 Å². The van der Waals surface area contributed by atoms with Gasteiger partial charge in [0.05, 0.1) is 6.54 Å². The normalized spacial score (nSPS) is 28.7. The summed E-state index contributed by atoms with van der Waals surface area (Å²) in [6.07, 6.45) is 8.67. The van der Waals surface area contributed by atoms with Crippen LogP contribution in [0.25, 0.3) is 0 Å². The molecule has 4 nitrogen and oxygen atoms in total. The molecule has 110 valence electrons. The minimum Gasteiger partial charge on any atom is -0.342 e. The molecule has 0 radical (unpaired) electrons. The monoisotopic (exact) mass is 267 g/mol. The number of carbonyl (C=O) groups is 1. The highest BCUT2D eigenvalue weighted by Crippen LogP contribution is 2.26. The predicted molar refractivity (Wildman–Crippen MR) is 77.9 cm³/mol. The smallest absolute Gasteiger partial charge is 0.236 e. The summed E-state index contributed by atoms with van der Waals surface area (Å²) in [7, 11) is 2.10. The third-order valence-electron chi connectivity index (χ3n) is 4.83. The van der Waals surface area contributed by atoms with Gasteiger partial charge in [-0.15, -0.1) is 0 Å². The summed E-state index contributed by atoms with van der Waals surface area (Å²) < 4.78 is 0. The van der Waals surface area contributed by atoms with Gasteiger partial charge in [-0.25, -0.2) is 0 Å². The van der Waals surface area contributed by atoms with Gasteiger partial charge < -0.3 is 10.6 Å². The zero-order valence-corrected chi connectivity index (χ0v) is 12.3. The number of amides is 1. The van der Waals surface area contributed by atoms with Gasteiger partial charge >= 0.3 is 0 Å². The van der Waals surface area contributed by atoms with E-state index in [1.165, 1.54) is 44.9 Å². The SMILES string of the molecule is CN(CC(=O)N1CCCC1)C1CCCCCC1CN. The van der Waals surface area contributed by atoms with Crippen molar-refractivity contribution in [2.24, 2.45) is 11.7 Å². The van der Waals surface area contributed by atoms with Crippen LogP contribution in [-0.4, -0.2) is 55.0 Å². The van der Waals surface area contributed by atoms with Crippen LogP contribution < -0.4 is 5.73 Å². The van der Waals surface area contributed by atoms with E-state index in [0.29, 0.717) is 24.4 Å². The average Bonchev–Trinajstić information content (AvgIpc) is 2.83. The largest absolute Gasteiger partial charge is 0.342 e. The molecule has 0 aromatic rings. The molecule has 1 aliphatic carbocycles. The second kappa shape index (κ2) is 7.25. The first-order chi connectivity index (χ1) is 9.22. The fraction of sp³-hybridized carbons (Fsp3) is 0.933. The quantitative estimate of drug-likeness (QED) is 0.784. The van der Waals surface area contributed by atoms with E-state index in [1.54, 1.807) is 0 Å². The van der Waals surface area contributed by atoms with E-state index in [4.69, 9.17) is 5.73 Å². The van der Waals surface area contributed by atoms with Crippen LogP contribution >= 0.6 is 0 Å². The molecule has 2 N–H and O–H groups in total. The zero-order valence-electron chi connectivity index (χ0n) is 12.3. The molecule has 2 atom stereocenters. The minimum absolute atomic E-state index is 0.306. The Hall–Kier alpha value is -0.610. The van der Waals surface area contributed by atoms with Gasteiger partial charge in [0.25, 0.3) is 0 Å². The van der Waals surface area contributed by atoms with Gasteiger partial charge in [0.2, 0.25) is 5.91 Å². The van der Waals surface area contributed by atoms with E-state index in [-0.39, 0.29) is 0 Å². The van der Waals surface area contributed by atoms with E-state index >= 15 is 0 Å². The lowest BCUT2D eigenvalue weighted by atomic mass is 9.94. The lowest BCUT2D eigenvalue weighted by Gasteiger charge is -2.33. The number of carbonyl (C=O) groups excluding carboxylic acids is 1. The zero-order chi connectivity index (χ0) is 13.7. The van der Waals surface area contributed by atoms with Crippen molar-refractivity contribution in [3.05, 3.63) is 0 Å². The van der Waals surface area contributed by atoms with Crippen molar-refractivity contribution in [3.8, 4) is 0 Å². The Morgan fingerprint density at radius 3 is 2.53 bits per heavy atom. The van der Waals surface area contributed by atoms with Gasteiger partial charge in [0.1, 0.15) is 0 Å². The summed E-state index contributed by atoms with van der Waals surface area (Å²) in [5.41, 5.74) is 5.93.